The van der Waals surface area contributed by atoms with Crippen molar-refractivity contribution in [3.05, 3.63) is 0 Å². The summed E-state index contributed by atoms with van der Waals surface area (Å²) in [5, 5.41) is 7.87. The number of likely N-dealkylation sites (tertiary alicyclic amines) is 1. The minimum Gasteiger partial charge on any atom is -0.368 e. The Labute approximate surface area is 214 Å². The molecule has 2 aliphatic heterocycles. The van der Waals surface area contributed by atoms with Crippen molar-refractivity contribution in [3.8, 4) is 0 Å². The lowest BCUT2D eigenvalue weighted by Crippen LogP contribution is -2.60. The molecule has 2 saturated carbocycles. The van der Waals surface area contributed by atoms with Crippen LogP contribution in [0.25, 0.3) is 0 Å². The quantitative estimate of drug-likeness (QED) is 0.356. The van der Waals surface area contributed by atoms with Crippen molar-refractivity contribution in [2.24, 2.45) is 40.2 Å². The molecule has 0 aromatic heterocycles. The summed E-state index contributed by atoms with van der Waals surface area (Å²) >= 11 is 0. The largest absolute Gasteiger partial charge is 0.368 e. The van der Waals surface area contributed by atoms with E-state index in [9.17, 15) is 32.8 Å². The van der Waals surface area contributed by atoms with Crippen molar-refractivity contribution in [1.82, 2.24) is 20.9 Å². The zero-order valence-electron chi connectivity index (χ0n) is 21.9. The van der Waals surface area contributed by atoms with Crippen molar-refractivity contribution < 1.29 is 32.8 Å². The van der Waals surface area contributed by atoms with Crippen molar-refractivity contribution in [2.75, 3.05) is 13.1 Å². The first-order valence-corrected chi connectivity index (χ1v) is 12.8. The Balaban J connectivity index is 1.53. The van der Waals surface area contributed by atoms with Gasteiger partial charge in [-0.2, -0.15) is 0 Å². The molecule has 37 heavy (non-hydrogen) atoms. The van der Waals surface area contributed by atoms with Gasteiger partial charge < -0.3 is 26.6 Å². The van der Waals surface area contributed by atoms with Crippen LogP contribution in [0, 0.1) is 34.5 Å². The second kappa shape index (κ2) is 8.90. The molecule has 0 bridgehead atoms. The highest BCUT2D eigenvalue weighted by Gasteiger charge is 2.70. The van der Waals surface area contributed by atoms with Crippen molar-refractivity contribution in [3.63, 3.8) is 0 Å². The Morgan fingerprint density at radius 3 is 2.27 bits per heavy atom. The van der Waals surface area contributed by atoms with Crippen LogP contribution in [0.2, 0.25) is 0 Å². The van der Waals surface area contributed by atoms with Crippen molar-refractivity contribution >= 4 is 29.5 Å². The zero-order valence-corrected chi connectivity index (χ0v) is 21.9. The van der Waals surface area contributed by atoms with Crippen molar-refractivity contribution in [1.29, 1.82) is 0 Å². The number of alkyl halides is 2. The molecule has 5 N–H and O–H groups in total. The molecule has 2 saturated heterocycles. The number of primary amides is 1. The average Bonchev–Trinajstić information content (AvgIpc) is 3.33. The summed E-state index contributed by atoms with van der Waals surface area (Å²) in [5.41, 5.74) is 4.51. The Bertz CT molecular complexity index is 1030. The summed E-state index contributed by atoms with van der Waals surface area (Å²) in [6.45, 7) is 9.89. The Morgan fingerprint density at radius 1 is 1.16 bits per heavy atom. The number of nitrogens with zero attached hydrogens (tertiary/aromatic N) is 1. The van der Waals surface area contributed by atoms with Gasteiger partial charge >= 0.3 is 0 Å². The molecule has 12 heteroatoms. The number of nitrogens with two attached hydrogens (primary N) is 1. The molecule has 0 aromatic rings. The van der Waals surface area contributed by atoms with E-state index in [1.807, 2.05) is 13.8 Å². The highest BCUT2D eigenvalue weighted by Crippen LogP contribution is 2.65. The smallest absolute Gasteiger partial charge is 0.260 e. The van der Waals surface area contributed by atoms with E-state index in [4.69, 9.17) is 5.73 Å². The molecular weight excluding hydrogens is 488 g/mol. The first kappa shape index (κ1) is 27.3. The number of nitrogens with one attached hydrogen (secondary N) is 3. The van der Waals surface area contributed by atoms with E-state index in [1.165, 1.54) is 4.90 Å². The Kier molecular flexibility index (Phi) is 6.56. The highest BCUT2D eigenvalue weighted by atomic mass is 19.3. The minimum absolute atomic E-state index is 0.0314. The molecule has 0 aromatic carbocycles. The third kappa shape index (κ3) is 5.03. The van der Waals surface area contributed by atoms with Gasteiger partial charge in [-0.25, -0.2) is 8.78 Å². The minimum atomic E-state index is -3.07. The summed E-state index contributed by atoms with van der Waals surface area (Å²) in [7, 11) is 0. The normalized spacial score (nSPS) is 32.6. The van der Waals surface area contributed by atoms with Crippen LogP contribution in [0.5, 0.6) is 0 Å². The lowest BCUT2D eigenvalue weighted by molar-refractivity contribution is -0.146. The number of rotatable bonds is 8. The van der Waals surface area contributed by atoms with Crippen LogP contribution in [-0.4, -0.2) is 71.6 Å². The number of piperidine rings is 1. The van der Waals surface area contributed by atoms with Crippen LogP contribution in [0.15, 0.2) is 0 Å². The van der Waals surface area contributed by atoms with Gasteiger partial charge in [0, 0.05) is 25.4 Å². The molecule has 5 amide bonds. The van der Waals surface area contributed by atoms with Crippen molar-refractivity contribution in [2.45, 2.75) is 77.9 Å². The zero-order chi connectivity index (χ0) is 27.7. The number of carbonyl (C=O) groups is 5. The topological polar surface area (TPSA) is 151 Å². The number of carbonyl (C=O) groups excluding carboxylic acids is 5. The van der Waals surface area contributed by atoms with Gasteiger partial charge in [-0.15, -0.1) is 0 Å². The van der Waals surface area contributed by atoms with Gasteiger partial charge in [0.15, 0.2) is 0 Å². The van der Waals surface area contributed by atoms with E-state index >= 15 is 0 Å². The molecule has 10 nitrogen and oxygen atoms in total. The van der Waals surface area contributed by atoms with Crippen LogP contribution in [-0.2, 0) is 24.0 Å². The Morgan fingerprint density at radius 2 is 1.78 bits per heavy atom. The molecule has 4 fully saturated rings. The molecule has 0 spiro atoms. The summed E-state index contributed by atoms with van der Waals surface area (Å²) < 4.78 is 27.0. The number of hydrogen-bond acceptors (Lipinski definition) is 5. The summed E-state index contributed by atoms with van der Waals surface area (Å²) in [4.78, 5) is 65.3. The number of hydrogen-bond donors (Lipinski definition) is 4. The fourth-order valence-electron chi connectivity index (χ4n) is 6.03. The van der Waals surface area contributed by atoms with Gasteiger partial charge in [-0.05, 0) is 35.5 Å². The maximum Gasteiger partial charge on any atom is 0.260 e. The third-order valence-corrected chi connectivity index (χ3v) is 8.65. The predicted molar refractivity (Wildman–Crippen MR) is 128 cm³/mol. The van der Waals surface area contributed by atoms with Crippen LogP contribution in [0.4, 0.5) is 8.78 Å². The van der Waals surface area contributed by atoms with Crippen LogP contribution < -0.4 is 21.7 Å². The lowest BCUT2D eigenvalue weighted by atomic mass is 9.85. The predicted octanol–water partition coefficient (Wildman–Crippen LogP) is 0.152. The van der Waals surface area contributed by atoms with Crippen LogP contribution in [0.3, 0.4) is 0 Å². The van der Waals surface area contributed by atoms with E-state index in [2.05, 4.69) is 16.0 Å². The standard InChI is InChI=1S/C25H37F2N5O5/c1-23(2,3)17(31-20(35)12-9-25(12,26)27)22(37)32-10-13-15(24(13,4)5)16(32)21(36)30-14(18(28)33)8-11-6-7-29-19(11)34/h11-17H,6-10H2,1-5H3,(H2,28,33)(H,29,34)(H,30,36)(H,31,35)/t11-,12?,13-,14-,15-,16-,17?/m0/s1. The van der Waals surface area contributed by atoms with E-state index in [0.717, 1.165) is 0 Å². The molecule has 2 unspecified atom stereocenters. The van der Waals surface area contributed by atoms with E-state index < -0.39 is 71.3 Å². The number of amides is 5. The van der Waals surface area contributed by atoms with E-state index in [-0.39, 0.29) is 36.1 Å². The summed E-state index contributed by atoms with van der Waals surface area (Å²) in [5.74, 6) is -8.07. The van der Waals surface area contributed by atoms with Crippen LogP contribution in [0.1, 0.15) is 53.9 Å². The maximum atomic E-state index is 13.8. The second-order valence-electron chi connectivity index (χ2n) is 12.7. The summed E-state index contributed by atoms with van der Waals surface area (Å²) in [6, 6.07) is -3.13. The molecule has 2 heterocycles. The molecule has 0 radical (unpaired) electrons. The first-order valence-electron chi connectivity index (χ1n) is 12.8. The van der Waals surface area contributed by atoms with E-state index in [0.29, 0.717) is 13.0 Å². The second-order valence-corrected chi connectivity index (χ2v) is 12.7. The first-order chi connectivity index (χ1) is 17.0. The highest BCUT2D eigenvalue weighted by molar-refractivity contribution is 5.96. The van der Waals surface area contributed by atoms with Gasteiger partial charge in [0.1, 0.15) is 24.0 Å². The molecule has 4 rings (SSSR count). The van der Waals surface area contributed by atoms with Gasteiger partial charge in [-0.1, -0.05) is 34.6 Å². The SMILES string of the molecule is CC(C)(C)C(NC(=O)C1CC1(F)F)C(=O)N1C[C@H]2[C@@H]([C@H]1C(=O)N[C@@H](C[C@@H]1CCNC1=O)C(N)=O)C2(C)C. The van der Waals surface area contributed by atoms with Gasteiger partial charge in [0.2, 0.25) is 29.5 Å². The number of halogens is 2. The van der Waals surface area contributed by atoms with Gasteiger partial charge in [0.25, 0.3) is 5.92 Å². The summed E-state index contributed by atoms with van der Waals surface area (Å²) in [6.07, 6.45) is 0.0308. The maximum absolute atomic E-state index is 13.8. The monoisotopic (exact) mass is 525 g/mol. The lowest BCUT2D eigenvalue weighted by Gasteiger charge is -2.38. The molecule has 7 atom stereocenters. The third-order valence-electron chi connectivity index (χ3n) is 8.65. The van der Waals surface area contributed by atoms with Gasteiger partial charge in [0.05, 0.1) is 0 Å². The van der Waals surface area contributed by atoms with Crippen LogP contribution >= 0.6 is 0 Å². The number of fused-ring (bicyclic) bond motifs is 1. The van der Waals surface area contributed by atoms with E-state index in [1.54, 1.807) is 20.8 Å². The molecule has 2 aliphatic carbocycles. The Hall–Kier alpha value is -2.79. The molecule has 4 aliphatic rings. The molecule has 206 valence electrons. The fraction of sp³-hybridized carbons (Fsp3) is 0.800. The fourth-order valence-corrected chi connectivity index (χ4v) is 6.03. The van der Waals surface area contributed by atoms with Gasteiger partial charge in [-0.3, -0.25) is 24.0 Å². The average molecular weight is 526 g/mol. The molecular formula is C25H37F2N5O5.